The zero-order valence-corrected chi connectivity index (χ0v) is 13.4. The van der Waals surface area contributed by atoms with Gasteiger partial charge in [0, 0.05) is 10.7 Å². The highest BCUT2D eigenvalue weighted by Gasteiger charge is 2.37. The fourth-order valence-corrected chi connectivity index (χ4v) is 3.33. The molecule has 1 unspecified atom stereocenters. The van der Waals surface area contributed by atoms with E-state index in [-0.39, 0.29) is 4.90 Å². The van der Waals surface area contributed by atoms with Crippen molar-refractivity contribution in [1.82, 2.24) is 5.48 Å². The molecule has 0 saturated carbocycles. The molecule has 0 aliphatic carbocycles. The molecule has 0 bridgehead atoms. The van der Waals surface area contributed by atoms with Gasteiger partial charge in [-0.3, -0.25) is 0 Å². The minimum Gasteiger partial charge on any atom is -0.412 e. The first-order valence-corrected chi connectivity index (χ1v) is 8.97. The molecule has 0 saturated heterocycles. The van der Waals surface area contributed by atoms with E-state index in [1.54, 1.807) is 12.1 Å². The SMILES string of the molecule is CC1=CC(c2ccccc2)(c2ccc(S(=O)(=O)Cl)cc2)NO1. The lowest BCUT2D eigenvalue weighted by Crippen LogP contribution is -2.37. The van der Waals surface area contributed by atoms with E-state index < -0.39 is 14.6 Å². The van der Waals surface area contributed by atoms with E-state index in [9.17, 15) is 8.42 Å². The van der Waals surface area contributed by atoms with Crippen LogP contribution < -0.4 is 5.48 Å². The van der Waals surface area contributed by atoms with Crippen LogP contribution in [0.1, 0.15) is 18.1 Å². The zero-order chi connectivity index (χ0) is 15.8. The van der Waals surface area contributed by atoms with Crippen LogP contribution in [0.25, 0.3) is 0 Å². The summed E-state index contributed by atoms with van der Waals surface area (Å²) in [5, 5.41) is 0. The Morgan fingerprint density at radius 3 is 2.09 bits per heavy atom. The Morgan fingerprint density at radius 1 is 1.00 bits per heavy atom. The van der Waals surface area contributed by atoms with Gasteiger partial charge in [-0.15, -0.1) is 5.48 Å². The van der Waals surface area contributed by atoms with Crippen LogP contribution in [-0.4, -0.2) is 8.42 Å². The maximum atomic E-state index is 11.4. The van der Waals surface area contributed by atoms with Crippen molar-refractivity contribution < 1.29 is 13.3 Å². The number of benzene rings is 2. The number of rotatable bonds is 3. The number of hydrogen-bond acceptors (Lipinski definition) is 4. The molecular weight excluding hydrogens is 322 g/mol. The van der Waals surface area contributed by atoms with Crippen molar-refractivity contribution in [2.24, 2.45) is 0 Å². The van der Waals surface area contributed by atoms with Crippen molar-refractivity contribution in [1.29, 1.82) is 0 Å². The average molecular weight is 336 g/mol. The van der Waals surface area contributed by atoms with E-state index in [1.807, 2.05) is 43.3 Å². The highest BCUT2D eigenvalue weighted by molar-refractivity contribution is 8.13. The molecular formula is C16H14ClNO3S. The molecule has 6 heteroatoms. The van der Waals surface area contributed by atoms with Gasteiger partial charge in [0.1, 0.15) is 11.3 Å². The van der Waals surface area contributed by atoms with E-state index in [2.05, 4.69) is 5.48 Å². The summed E-state index contributed by atoms with van der Waals surface area (Å²) in [6, 6.07) is 16.2. The molecule has 3 rings (SSSR count). The van der Waals surface area contributed by atoms with Gasteiger partial charge in [-0.2, -0.15) is 0 Å². The van der Waals surface area contributed by atoms with Gasteiger partial charge in [0.15, 0.2) is 0 Å². The second-order valence-electron chi connectivity index (χ2n) is 5.10. The lowest BCUT2D eigenvalue weighted by atomic mass is 9.83. The Bertz CT molecular complexity index is 816. The normalized spacial score (nSPS) is 21.3. The molecule has 1 aliphatic heterocycles. The summed E-state index contributed by atoms with van der Waals surface area (Å²) in [6.45, 7) is 1.86. The molecule has 4 nitrogen and oxygen atoms in total. The van der Waals surface area contributed by atoms with Gasteiger partial charge in [0.25, 0.3) is 9.05 Å². The number of halogens is 1. The number of allylic oxidation sites excluding steroid dienone is 1. The van der Waals surface area contributed by atoms with Gasteiger partial charge in [0.05, 0.1) is 4.90 Å². The Labute approximate surface area is 133 Å². The van der Waals surface area contributed by atoms with Crippen LogP contribution in [0.4, 0.5) is 0 Å². The van der Waals surface area contributed by atoms with Crippen molar-refractivity contribution in [2.45, 2.75) is 17.4 Å². The first-order chi connectivity index (χ1) is 10.4. The second-order valence-corrected chi connectivity index (χ2v) is 7.66. The summed E-state index contributed by atoms with van der Waals surface area (Å²) in [7, 11) is 1.63. The molecule has 0 amide bonds. The van der Waals surface area contributed by atoms with Crippen LogP contribution in [0.2, 0.25) is 0 Å². The van der Waals surface area contributed by atoms with E-state index >= 15 is 0 Å². The van der Waals surface area contributed by atoms with Gasteiger partial charge in [-0.25, -0.2) is 8.42 Å². The largest absolute Gasteiger partial charge is 0.412 e. The molecule has 1 N–H and O–H groups in total. The molecule has 0 radical (unpaired) electrons. The predicted molar refractivity (Wildman–Crippen MR) is 84.7 cm³/mol. The van der Waals surface area contributed by atoms with Crippen molar-refractivity contribution in [3.05, 3.63) is 77.6 Å². The lowest BCUT2D eigenvalue weighted by molar-refractivity contribution is 0.0927. The van der Waals surface area contributed by atoms with E-state index in [4.69, 9.17) is 15.5 Å². The molecule has 1 heterocycles. The van der Waals surface area contributed by atoms with Crippen molar-refractivity contribution >= 4 is 19.7 Å². The van der Waals surface area contributed by atoms with Gasteiger partial charge < -0.3 is 4.84 Å². The first-order valence-electron chi connectivity index (χ1n) is 6.66. The number of hydroxylamine groups is 1. The molecule has 22 heavy (non-hydrogen) atoms. The molecule has 114 valence electrons. The Kier molecular flexibility index (Phi) is 3.72. The third-order valence-electron chi connectivity index (χ3n) is 3.61. The molecule has 0 fully saturated rings. The van der Waals surface area contributed by atoms with Crippen molar-refractivity contribution in [3.63, 3.8) is 0 Å². The zero-order valence-electron chi connectivity index (χ0n) is 11.8. The Morgan fingerprint density at radius 2 is 1.59 bits per heavy atom. The Balaban J connectivity index is 2.13. The van der Waals surface area contributed by atoms with Crippen LogP contribution in [0.3, 0.4) is 0 Å². The lowest BCUT2D eigenvalue weighted by Gasteiger charge is -2.27. The van der Waals surface area contributed by atoms with Crippen LogP contribution in [0.15, 0.2) is 71.3 Å². The highest BCUT2D eigenvalue weighted by atomic mass is 35.7. The summed E-state index contributed by atoms with van der Waals surface area (Å²) in [5.41, 5.74) is 4.24. The molecule has 1 aliphatic rings. The fraction of sp³-hybridized carbons (Fsp3) is 0.125. The van der Waals surface area contributed by atoms with E-state index in [1.165, 1.54) is 12.1 Å². The van der Waals surface area contributed by atoms with Crippen LogP contribution in [0, 0.1) is 0 Å². The summed E-state index contributed by atoms with van der Waals surface area (Å²) >= 11 is 0. The molecule has 2 aromatic rings. The van der Waals surface area contributed by atoms with Crippen molar-refractivity contribution in [2.75, 3.05) is 0 Å². The molecule has 0 aromatic heterocycles. The molecule has 2 aromatic carbocycles. The number of nitrogens with one attached hydrogen (secondary N) is 1. The standard InChI is InChI=1S/C16H14ClNO3S/c1-12-11-16(18-21-12,13-5-3-2-4-6-13)14-7-9-15(10-8-14)22(17,19)20/h2-11,18H,1H3. The van der Waals surface area contributed by atoms with E-state index in [0.717, 1.165) is 16.9 Å². The first kappa shape index (κ1) is 15.1. The van der Waals surface area contributed by atoms with Crippen molar-refractivity contribution in [3.8, 4) is 0 Å². The van der Waals surface area contributed by atoms with Gasteiger partial charge in [0.2, 0.25) is 0 Å². The molecule has 0 spiro atoms. The smallest absolute Gasteiger partial charge is 0.261 e. The Hall–Kier alpha value is -1.82. The topological polar surface area (TPSA) is 55.4 Å². The van der Waals surface area contributed by atoms with Crippen LogP contribution in [0.5, 0.6) is 0 Å². The summed E-state index contributed by atoms with van der Waals surface area (Å²) < 4.78 is 22.8. The monoisotopic (exact) mass is 335 g/mol. The predicted octanol–water partition coefficient (Wildman–Crippen LogP) is 3.30. The summed E-state index contributed by atoms with van der Waals surface area (Å²) in [6.07, 6.45) is 1.96. The van der Waals surface area contributed by atoms with E-state index in [0.29, 0.717) is 0 Å². The average Bonchev–Trinajstić information content (AvgIpc) is 2.91. The van der Waals surface area contributed by atoms with Gasteiger partial charge in [-0.05, 0) is 36.3 Å². The van der Waals surface area contributed by atoms with Crippen LogP contribution in [-0.2, 0) is 19.4 Å². The van der Waals surface area contributed by atoms with Gasteiger partial charge in [-0.1, -0.05) is 42.5 Å². The highest BCUT2D eigenvalue weighted by Crippen LogP contribution is 2.36. The maximum absolute atomic E-state index is 11.4. The maximum Gasteiger partial charge on any atom is 0.261 e. The summed E-state index contributed by atoms with van der Waals surface area (Å²) in [4.78, 5) is 5.51. The fourth-order valence-electron chi connectivity index (χ4n) is 2.56. The minimum absolute atomic E-state index is 0.0701. The third kappa shape index (κ3) is 2.63. The number of hydrogen-bond donors (Lipinski definition) is 1. The minimum atomic E-state index is -3.73. The summed E-state index contributed by atoms with van der Waals surface area (Å²) in [5.74, 6) is 0.748. The molecule has 1 atom stereocenters. The van der Waals surface area contributed by atoms with Gasteiger partial charge >= 0.3 is 0 Å². The third-order valence-corrected chi connectivity index (χ3v) is 4.98. The quantitative estimate of drug-likeness (QED) is 0.874. The van der Waals surface area contributed by atoms with Crippen LogP contribution >= 0.6 is 10.7 Å². The second kappa shape index (κ2) is 5.43.